The van der Waals surface area contributed by atoms with Crippen molar-refractivity contribution in [2.75, 3.05) is 38.2 Å². The van der Waals surface area contributed by atoms with Gasteiger partial charge in [-0.05, 0) is 31.6 Å². The van der Waals surface area contributed by atoms with Crippen molar-refractivity contribution in [3.63, 3.8) is 0 Å². The molecular weight excluding hydrogens is 444 g/mol. The normalized spacial score (nSPS) is 21.3. The minimum absolute atomic E-state index is 0.0329. The first-order valence-corrected chi connectivity index (χ1v) is 12.2. The van der Waals surface area contributed by atoms with Crippen molar-refractivity contribution < 1.29 is 13.2 Å². The highest BCUT2D eigenvalue weighted by Crippen LogP contribution is 2.26. The number of halogens is 1. The van der Waals surface area contributed by atoms with Gasteiger partial charge < -0.3 is 14.6 Å². The van der Waals surface area contributed by atoms with Gasteiger partial charge in [0.15, 0.2) is 5.03 Å². The molecule has 1 N–H and O–H groups in total. The number of nitrogens with zero attached hydrogens (tertiary/aromatic N) is 5. The van der Waals surface area contributed by atoms with Gasteiger partial charge in [0, 0.05) is 39.5 Å². The summed E-state index contributed by atoms with van der Waals surface area (Å²) in [6, 6.07) is -0.207. The van der Waals surface area contributed by atoms with E-state index >= 15 is 0 Å². The van der Waals surface area contributed by atoms with Gasteiger partial charge in [0.05, 0.1) is 30.9 Å². The molecule has 2 aromatic rings. The number of aryl methyl sites for hydroxylation is 1. The van der Waals surface area contributed by atoms with E-state index in [1.54, 1.807) is 17.8 Å². The summed E-state index contributed by atoms with van der Waals surface area (Å²) in [5, 5.41) is 7.67. The van der Waals surface area contributed by atoms with Crippen molar-refractivity contribution in [2.45, 2.75) is 36.8 Å². The lowest BCUT2D eigenvalue weighted by atomic mass is 10.0. The molecule has 2 aliphatic rings. The average molecular weight is 471 g/mol. The number of rotatable bonds is 6. The van der Waals surface area contributed by atoms with Crippen LogP contribution in [0.1, 0.15) is 31.7 Å². The van der Waals surface area contributed by atoms with Gasteiger partial charge in [-0.3, -0.25) is 4.79 Å². The summed E-state index contributed by atoms with van der Waals surface area (Å²) in [6.07, 6.45) is 7.58. The van der Waals surface area contributed by atoms with E-state index in [9.17, 15) is 13.2 Å². The van der Waals surface area contributed by atoms with Crippen molar-refractivity contribution in [3.8, 4) is 0 Å². The number of nitrogens with one attached hydrogen (secondary N) is 1. The number of hydrogen-bond donors (Lipinski definition) is 1. The van der Waals surface area contributed by atoms with Crippen LogP contribution in [0, 0.1) is 5.92 Å². The zero-order chi connectivity index (χ0) is 22.0. The second-order valence-corrected chi connectivity index (χ2v) is 10.4. The molecule has 1 atom stereocenters. The van der Waals surface area contributed by atoms with Crippen LogP contribution in [-0.4, -0.2) is 64.9 Å². The molecule has 170 valence electrons. The van der Waals surface area contributed by atoms with Crippen LogP contribution in [0.15, 0.2) is 28.5 Å². The maximum absolute atomic E-state index is 12.8. The second kappa shape index (κ2) is 9.27. The number of anilines is 1. The Labute approximate surface area is 186 Å². The number of piperidine rings is 1. The molecule has 2 saturated heterocycles. The molecule has 0 spiro atoms. The Balaban J connectivity index is 1.40. The minimum Gasteiger partial charge on any atom is -0.382 e. The number of hydrogen-bond acceptors (Lipinski definition) is 7. The van der Waals surface area contributed by atoms with E-state index in [-0.39, 0.29) is 34.7 Å². The summed E-state index contributed by atoms with van der Waals surface area (Å²) >= 11 is 6.33. The molecule has 0 unspecified atom stereocenters. The van der Waals surface area contributed by atoms with Crippen LogP contribution in [0.25, 0.3) is 0 Å². The van der Waals surface area contributed by atoms with Crippen LogP contribution in [0.5, 0.6) is 0 Å². The van der Waals surface area contributed by atoms with E-state index < -0.39 is 10.0 Å². The Morgan fingerprint density at radius 2 is 2.06 bits per heavy atom. The van der Waals surface area contributed by atoms with Crippen LogP contribution in [-0.2, 0) is 21.8 Å². The lowest BCUT2D eigenvalue weighted by molar-refractivity contribution is 0.0595. The predicted molar refractivity (Wildman–Crippen MR) is 116 cm³/mol. The fourth-order valence-electron chi connectivity index (χ4n) is 4.03. The van der Waals surface area contributed by atoms with Gasteiger partial charge in [0.25, 0.3) is 15.6 Å². The van der Waals surface area contributed by atoms with Gasteiger partial charge in [0.1, 0.15) is 5.02 Å². The topological polar surface area (TPSA) is 111 Å². The molecule has 4 rings (SSSR count). The van der Waals surface area contributed by atoms with E-state index in [1.165, 1.54) is 21.5 Å². The van der Waals surface area contributed by atoms with Gasteiger partial charge >= 0.3 is 0 Å². The molecule has 4 heterocycles. The molecule has 0 bridgehead atoms. The average Bonchev–Trinajstić information content (AvgIpc) is 3.23. The first-order valence-electron chi connectivity index (χ1n) is 10.4. The van der Waals surface area contributed by atoms with E-state index in [1.807, 2.05) is 0 Å². The zero-order valence-electron chi connectivity index (χ0n) is 17.4. The highest BCUT2D eigenvalue weighted by atomic mass is 35.5. The second-order valence-electron chi connectivity index (χ2n) is 8.10. The summed E-state index contributed by atoms with van der Waals surface area (Å²) < 4.78 is 35.3. The molecule has 2 aliphatic heterocycles. The van der Waals surface area contributed by atoms with E-state index in [2.05, 4.69) is 15.4 Å². The van der Waals surface area contributed by atoms with Crippen molar-refractivity contribution in [2.24, 2.45) is 13.0 Å². The molecule has 12 heteroatoms. The summed E-state index contributed by atoms with van der Waals surface area (Å²) in [7, 11) is -1.92. The number of aromatic nitrogens is 4. The van der Waals surface area contributed by atoms with Crippen LogP contribution < -0.4 is 10.9 Å². The summed E-state index contributed by atoms with van der Waals surface area (Å²) in [5.41, 5.74) is 0.154. The van der Waals surface area contributed by atoms with Gasteiger partial charge in [0.2, 0.25) is 0 Å². The SMILES string of the molecule is Cn1cnc(S(=O)(=O)N2CCC(n3ncc(NC[C@H]4CCCOC4)c(Cl)c3=O)CC2)c1. The fourth-order valence-corrected chi connectivity index (χ4v) is 5.67. The van der Waals surface area contributed by atoms with Gasteiger partial charge in [-0.2, -0.15) is 9.40 Å². The molecule has 0 aliphatic carbocycles. The molecular formula is C19H27ClN6O4S. The van der Waals surface area contributed by atoms with Crippen LogP contribution in [0.4, 0.5) is 5.69 Å². The Hall–Kier alpha value is -1.95. The third-order valence-electron chi connectivity index (χ3n) is 5.83. The lowest BCUT2D eigenvalue weighted by Gasteiger charge is -2.31. The molecule has 0 aromatic carbocycles. The molecule has 0 radical (unpaired) electrons. The Morgan fingerprint density at radius 1 is 1.29 bits per heavy atom. The van der Waals surface area contributed by atoms with Crippen molar-refractivity contribution in [1.82, 2.24) is 23.6 Å². The number of imidazole rings is 1. The third-order valence-corrected chi connectivity index (χ3v) is 7.98. The number of ether oxygens (including phenoxy) is 1. The molecule has 31 heavy (non-hydrogen) atoms. The highest BCUT2D eigenvalue weighted by molar-refractivity contribution is 7.89. The number of sulfonamides is 1. The van der Waals surface area contributed by atoms with Gasteiger partial charge in [-0.15, -0.1) is 0 Å². The fraction of sp³-hybridized carbons (Fsp3) is 0.632. The van der Waals surface area contributed by atoms with Gasteiger partial charge in [-0.1, -0.05) is 11.6 Å². The summed E-state index contributed by atoms with van der Waals surface area (Å²) in [6.45, 7) is 2.76. The molecule has 2 fully saturated rings. The zero-order valence-corrected chi connectivity index (χ0v) is 19.0. The largest absolute Gasteiger partial charge is 0.382 e. The molecule has 0 amide bonds. The van der Waals surface area contributed by atoms with Crippen LogP contribution in [0.2, 0.25) is 5.02 Å². The van der Waals surface area contributed by atoms with E-state index in [4.69, 9.17) is 16.3 Å². The quantitative estimate of drug-likeness (QED) is 0.680. The molecule has 2 aromatic heterocycles. The lowest BCUT2D eigenvalue weighted by Crippen LogP contribution is -2.41. The highest BCUT2D eigenvalue weighted by Gasteiger charge is 2.32. The van der Waals surface area contributed by atoms with Crippen LogP contribution >= 0.6 is 11.6 Å². The van der Waals surface area contributed by atoms with Crippen LogP contribution in [0.3, 0.4) is 0 Å². The standard InChI is InChI=1S/C19H27ClN6O4S/c1-24-11-17(22-13-24)31(28,29)25-6-4-15(5-7-25)26-19(27)18(20)16(10-23-26)21-9-14-3-2-8-30-12-14/h10-11,13-15,21H,2-9,12H2,1H3/t14-/m1/s1. The van der Waals surface area contributed by atoms with E-state index in [0.717, 1.165) is 19.4 Å². The third kappa shape index (κ3) is 4.79. The molecule has 0 saturated carbocycles. The van der Waals surface area contributed by atoms with Crippen molar-refractivity contribution in [3.05, 3.63) is 34.1 Å². The monoisotopic (exact) mass is 470 g/mol. The van der Waals surface area contributed by atoms with Crippen molar-refractivity contribution in [1.29, 1.82) is 0 Å². The smallest absolute Gasteiger partial charge is 0.287 e. The minimum atomic E-state index is -3.64. The summed E-state index contributed by atoms with van der Waals surface area (Å²) in [4.78, 5) is 16.8. The molecule has 10 nitrogen and oxygen atoms in total. The first kappa shape index (κ1) is 22.3. The van der Waals surface area contributed by atoms with Gasteiger partial charge in [-0.25, -0.2) is 18.1 Å². The predicted octanol–water partition coefficient (Wildman–Crippen LogP) is 1.49. The Morgan fingerprint density at radius 3 is 2.71 bits per heavy atom. The first-order chi connectivity index (χ1) is 14.9. The van der Waals surface area contributed by atoms with E-state index in [0.29, 0.717) is 37.6 Å². The summed E-state index contributed by atoms with van der Waals surface area (Å²) in [5.74, 6) is 0.387. The Kier molecular flexibility index (Phi) is 6.65. The van der Waals surface area contributed by atoms with Crippen molar-refractivity contribution >= 4 is 27.3 Å². The maximum atomic E-state index is 12.8. The maximum Gasteiger partial charge on any atom is 0.287 e. The Bertz CT molecular complexity index is 1070.